The minimum atomic E-state index is -0.456. The third-order valence-corrected chi connectivity index (χ3v) is 7.14. The number of halogens is 1. The maximum atomic E-state index is 14.8. The van der Waals surface area contributed by atoms with Crippen LogP contribution in [-0.4, -0.2) is 56.5 Å². The van der Waals surface area contributed by atoms with Crippen LogP contribution in [0.4, 0.5) is 10.1 Å². The number of nitrogens with one attached hydrogen (secondary N) is 2. The molecule has 6 rings (SSSR count). The molecular formula is C27H30FN7O. The zero-order chi connectivity index (χ0) is 25.0. The monoisotopic (exact) mass is 487 g/mol. The Morgan fingerprint density at radius 3 is 2.58 bits per heavy atom. The predicted octanol–water partition coefficient (Wildman–Crippen LogP) is 3.86. The van der Waals surface area contributed by atoms with Gasteiger partial charge in [-0.15, -0.1) is 0 Å². The van der Waals surface area contributed by atoms with Crippen molar-refractivity contribution in [3.8, 4) is 11.4 Å². The quantitative estimate of drug-likeness (QED) is 0.455. The van der Waals surface area contributed by atoms with Crippen LogP contribution in [0.3, 0.4) is 0 Å². The van der Waals surface area contributed by atoms with Crippen molar-refractivity contribution in [2.24, 2.45) is 0 Å². The summed E-state index contributed by atoms with van der Waals surface area (Å²) in [6.45, 7) is 7.92. The van der Waals surface area contributed by atoms with Gasteiger partial charge in [-0.05, 0) is 64.3 Å². The first-order valence-corrected chi connectivity index (χ1v) is 12.6. The number of rotatable bonds is 4. The van der Waals surface area contributed by atoms with Crippen LogP contribution in [0.1, 0.15) is 49.3 Å². The fraction of sp³-hybridized carbons (Fsp3) is 0.407. The second-order valence-corrected chi connectivity index (χ2v) is 10.3. The fourth-order valence-corrected chi connectivity index (χ4v) is 5.26. The second-order valence-electron chi connectivity index (χ2n) is 10.3. The van der Waals surface area contributed by atoms with Crippen molar-refractivity contribution in [1.29, 1.82) is 0 Å². The van der Waals surface area contributed by atoms with Crippen molar-refractivity contribution in [1.82, 2.24) is 30.0 Å². The number of nitrogens with zero attached hydrogens (tertiary/aromatic N) is 5. The van der Waals surface area contributed by atoms with Crippen LogP contribution < -0.4 is 15.5 Å². The molecule has 1 saturated heterocycles. The van der Waals surface area contributed by atoms with Crippen LogP contribution in [0.5, 0.6) is 0 Å². The summed E-state index contributed by atoms with van der Waals surface area (Å²) in [5.41, 5.74) is 3.48. The van der Waals surface area contributed by atoms with E-state index < -0.39 is 5.82 Å². The van der Waals surface area contributed by atoms with Crippen molar-refractivity contribution in [3.63, 3.8) is 0 Å². The fourth-order valence-electron chi connectivity index (χ4n) is 5.26. The van der Waals surface area contributed by atoms with E-state index in [0.29, 0.717) is 40.1 Å². The molecule has 0 spiro atoms. The number of amides is 1. The molecule has 0 radical (unpaired) electrons. The molecular weight excluding hydrogens is 457 g/mol. The number of carbonyl (C=O) groups excluding carboxylic acids is 1. The number of pyridine rings is 1. The number of piperazine rings is 1. The minimum absolute atomic E-state index is 0.173. The highest BCUT2D eigenvalue weighted by molar-refractivity contribution is 6.05. The molecule has 0 bridgehead atoms. The molecule has 186 valence electrons. The molecule has 1 aromatic carbocycles. The van der Waals surface area contributed by atoms with E-state index in [1.807, 2.05) is 25.1 Å². The highest BCUT2D eigenvalue weighted by Crippen LogP contribution is 2.29. The average molecular weight is 488 g/mol. The molecule has 0 unspecified atom stereocenters. The molecule has 2 fully saturated rings. The van der Waals surface area contributed by atoms with Gasteiger partial charge in [-0.2, -0.15) is 0 Å². The minimum Gasteiger partial charge on any atom is -0.368 e. The zero-order valence-electron chi connectivity index (χ0n) is 20.8. The third kappa shape index (κ3) is 4.17. The molecule has 2 atom stereocenters. The summed E-state index contributed by atoms with van der Waals surface area (Å²) in [4.78, 5) is 29.4. The Bertz CT molecular complexity index is 1470. The number of hydrogen-bond acceptors (Lipinski definition) is 6. The molecule has 2 aliphatic rings. The number of imidazole rings is 1. The van der Waals surface area contributed by atoms with E-state index >= 15 is 0 Å². The van der Waals surface area contributed by atoms with Gasteiger partial charge in [0.2, 0.25) is 0 Å². The topological polar surface area (TPSA) is 87.5 Å². The summed E-state index contributed by atoms with van der Waals surface area (Å²) >= 11 is 0. The van der Waals surface area contributed by atoms with Gasteiger partial charge in [0.1, 0.15) is 5.69 Å². The maximum absolute atomic E-state index is 14.8. The van der Waals surface area contributed by atoms with Crippen molar-refractivity contribution < 1.29 is 9.18 Å². The van der Waals surface area contributed by atoms with Crippen LogP contribution in [0.2, 0.25) is 0 Å². The second kappa shape index (κ2) is 8.81. The van der Waals surface area contributed by atoms with E-state index in [9.17, 15) is 9.18 Å². The summed E-state index contributed by atoms with van der Waals surface area (Å²) in [6.07, 6.45) is 6.59. The van der Waals surface area contributed by atoms with Gasteiger partial charge >= 0.3 is 0 Å². The highest BCUT2D eigenvalue weighted by atomic mass is 19.1. The van der Waals surface area contributed by atoms with Gasteiger partial charge in [0.15, 0.2) is 17.3 Å². The number of fused-ring (bicyclic) bond motifs is 2. The predicted molar refractivity (Wildman–Crippen MR) is 138 cm³/mol. The van der Waals surface area contributed by atoms with Crippen molar-refractivity contribution in [2.45, 2.75) is 58.2 Å². The number of aromatic nitrogens is 4. The van der Waals surface area contributed by atoms with Crippen LogP contribution in [-0.2, 0) is 0 Å². The van der Waals surface area contributed by atoms with E-state index in [4.69, 9.17) is 9.97 Å². The SMILES string of the molecule is Cc1cn2cc(-c3nc(C(=O)NC4CCC4)c4cc(N5C[C@H](C)N[C@@H](C)C5)ccc4n3)cc(F)c2n1. The van der Waals surface area contributed by atoms with Gasteiger partial charge in [0, 0.05) is 60.2 Å². The highest BCUT2D eigenvalue weighted by Gasteiger charge is 2.25. The summed E-state index contributed by atoms with van der Waals surface area (Å²) in [5.74, 6) is -0.361. The van der Waals surface area contributed by atoms with E-state index in [1.54, 1.807) is 16.8 Å². The van der Waals surface area contributed by atoms with Gasteiger partial charge in [0.25, 0.3) is 5.91 Å². The molecule has 2 N–H and O–H groups in total. The molecule has 4 aromatic rings. The molecule has 3 aromatic heterocycles. The van der Waals surface area contributed by atoms with E-state index in [2.05, 4.69) is 34.4 Å². The summed E-state index contributed by atoms with van der Waals surface area (Å²) in [7, 11) is 0. The largest absolute Gasteiger partial charge is 0.368 e. The van der Waals surface area contributed by atoms with E-state index in [0.717, 1.165) is 43.7 Å². The maximum Gasteiger partial charge on any atom is 0.270 e. The number of anilines is 1. The summed E-state index contributed by atoms with van der Waals surface area (Å²) in [6, 6.07) is 8.27. The average Bonchev–Trinajstić information content (AvgIpc) is 3.20. The number of carbonyl (C=O) groups is 1. The molecule has 1 aliphatic heterocycles. The standard InChI is InChI=1S/C27H30FN7O/c1-15-11-34(12-16(2)29-15)20-7-8-23-21(10-20)24(27(36)31-19-5-4-6-19)33-25(32-23)18-9-22(28)26-30-17(3)13-35(26)14-18/h7-10,13-16,19,29H,4-6,11-12H2,1-3H3,(H,31,36)/t15-,16-/m0/s1. The summed E-state index contributed by atoms with van der Waals surface area (Å²) < 4.78 is 16.5. The normalized spacial score (nSPS) is 20.6. The Hall–Kier alpha value is -3.59. The van der Waals surface area contributed by atoms with Crippen LogP contribution in [0.15, 0.2) is 36.7 Å². The van der Waals surface area contributed by atoms with Gasteiger partial charge in [-0.3, -0.25) is 4.79 Å². The Kier molecular flexibility index (Phi) is 5.59. The Balaban J connectivity index is 1.47. The lowest BCUT2D eigenvalue weighted by Gasteiger charge is -2.37. The van der Waals surface area contributed by atoms with Gasteiger partial charge in [0.05, 0.1) is 11.2 Å². The first-order valence-electron chi connectivity index (χ1n) is 12.6. The lowest BCUT2D eigenvalue weighted by atomic mass is 9.93. The smallest absolute Gasteiger partial charge is 0.270 e. The van der Waals surface area contributed by atoms with Crippen LogP contribution >= 0.6 is 0 Å². The lowest BCUT2D eigenvalue weighted by molar-refractivity contribution is 0.0913. The van der Waals surface area contributed by atoms with Crippen molar-refractivity contribution >= 4 is 28.1 Å². The van der Waals surface area contributed by atoms with Gasteiger partial charge in [-0.25, -0.2) is 19.3 Å². The molecule has 1 saturated carbocycles. The zero-order valence-corrected chi connectivity index (χ0v) is 20.8. The Morgan fingerprint density at radius 1 is 1.08 bits per heavy atom. The van der Waals surface area contributed by atoms with Crippen LogP contribution in [0.25, 0.3) is 27.9 Å². The van der Waals surface area contributed by atoms with Gasteiger partial charge < -0.3 is 19.9 Å². The van der Waals surface area contributed by atoms with Gasteiger partial charge in [-0.1, -0.05) is 0 Å². The molecule has 1 aliphatic carbocycles. The summed E-state index contributed by atoms with van der Waals surface area (Å²) in [5, 5.41) is 7.38. The number of hydrogen-bond donors (Lipinski definition) is 2. The number of aryl methyl sites for hydroxylation is 1. The first-order chi connectivity index (χ1) is 17.3. The Morgan fingerprint density at radius 2 is 1.86 bits per heavy atom. The number of benzene rings is 1. The first kappa shape index (κ1) is 22.8. The van der Waals surface area contributed by atoms with E-state index in [-0.39, 0.29) is 17.6 Å². The Labute approximate surface area is 209 Å². The van der Waals surface area contributed by atoms with Crippen molar-refractivity contribution in [3.05, 3.63) is 53.9 Å². The van der Waals surface area contributed by atoms with E-state index in [1.165, 1.54) is 6.07 Å². The lowest BCUT2D eigenvalue weighted by Crippen LogP contribution is -2.54. The molecule has 9 heteroatoms. The molecule has 8 nitrogen and oxygen atoms in total. The molecule has 36 heavy (non-hydrogen) atoms. The molecule has 4 heterocycles. The third-order valence-electron chi connectivity index (χ3n) is 7.14. The molecule has 1 amide bonds. The van der Waals surface area contributed by atoms with Crippen molar-refractivity contribution in [2.75, 3.05) is 18.0 Å². The van der Waals surface area contributed by atoms with Crippen LogP contribution in [0, 0.1) is 12.7 Å².